The van der Waals surface area contributed by atoms with E-state index in [0.717, 1.165) is 25.9 Å². The van der Waals surface area contributed by atoms with Gasteiger partial charge in [-0.3, -0.25) is 0 Å². The summed E-state index contributed by atoms with van der Waals surface area (Å²) in [6.07, 6.45) is 0. The molecule has 3 atom stereocenters. The van der Waals surface area contributed by atoms with Gasteiger partial charge in [0.15, 0.2) is 0 Å². The van der Waals surface area contributed by atoms with Gasteiger partial charge in [-0.2, -0.15) is 10.5 Å². The van der Waals surface area contributed by atoms with Crippen LogP contribution in [0.3, 0.4) is 0 Å². The number of aliphatic imine (C=N–C) groups is 1. The molecule has 0 spiro atoms. The van der Waals surface area contributed by atoms with Gasteiger partial charge >= 0.3 is 0 Å². The predicted molar refractivity (Wildman–Crippen MR) is 165 cm³/mol. The van der Waals surface area contributed by atoms with Crippen LogP contribution in [0.25, 0.3) is 0 Å². The number of rotatable bonds is 3. The molecule has 0 N–H and O–H groups in total. The van der Waals surface area contributed by atoms with Crippen molar-refractivity contribution in [1.82, 2.24) is 4.90 Å². The quantitative estimate of drug-likeness (QED) is 0.279. The molecule has 194 valence electrons. The largest absolute Gasteiger partial charge is 0.367 e. The van der Waals surface area contributed by atoms with Gasteiger partial charge in [0, 0.05) is 44.4 Å². The fourth-order valence-corrected chi connectivity index (χ4v) is 7.29. The average Bonchev–Trinajstić information content (AvgIpc) is 2.96. The average molecular weight is 681 g/mol. The molecule has 3 unspecified atom stereocenters. The minimum absolute atomic E-state index is 0.325. The smallest absolute Gasteiger partial charge is 0.141 e. The highest BCUT2D eigenvalue weighted by Gasteiger charge is 2.68. The molecule has 2 bridgehead atoms. The van der Waals surface area contributed by atoms with E-state index in [-0.39, 0.29) is 0 Å². The molecule has 2 fully saturated rings. The molecule has 3 aliphatic heterocycles. The Morgan fingerprint density at radius 2 is 1.41 bits per heavy atom. The molecular formula is C29H21Br2ClN6S. The lowest BCUT2D eigenvalue weighted by Crippen LogP contribution is -2.73. The normalized spacial score (nSPS) is 25.9. The van der Waals surface area contributed by atoms with Crippen LogP contribution in [-0.2, 0) is 0 Å². The van der Waals surface area contributed by atoms with Crippen molar-refractivity contribution in [3.63, 3.8) is 0 Å². The molecule has 10 heteroatoms. The zero-order chi connectivity index (χ0) is 27.4. The summed E-state index contributed by atoms with van der Waals surface area (Å²) in [5.41, 5.74) is 0.274. The number of nitriles is 2. The summed E-state index contributed by atoms with van der Waals surface area (Å²) in [5, 5.41) is 22.6. The van der Waals surface area contributed by atoms with Crippen molar-refractivity contribution in [2.24, 2.45) is 15.8 Å². The molecule has 3 aromatic rings. The van der Waals surface area contributed by atoms with Crippen LogP contribution < -0.4 is 9.80 Å². The molecular weight excluding hydrogens is 660 g/mol. The number of anilines is 2. The summed E-state index contributed by atoms with van der Waals surface area (Å²) < 4.78 is 1.94. The van der Waals surface area contributed by atoms with Crippen molar-refractivity contribution < 1.29 is 0 Å². The first-order valence-electron chi connectivity index (χ1n) is 12.3. The molecule has 0 aliphatic carbocycles. The molecule has 6 nitrogen and oxygen atoms in total. The van der Waals surface area contributed by atoms with Gasteiger partial charge in [-0.15, -0.1) is 0 Å². The second kappa shape index (κ2) is 9.91. The van der Waals surface area contributed by atoms with Crippen LogP contribution in [0.1, 0.15) is 11.5 Å². The van der Waals surface area contributed by atoms with E-state index in [2.05, 4.69) is 53.8 Å². The van der Waals surface area contributed by atoms with Crippen LogP contribution in [0.5, 0.6) is 0 Å². The van der Waals surface area contributed by atoms with Crippen molar-refractivity contribution in [1.29, 1.82) is 10.5 Å². The number of amidine groups is 1. The molecule has 2 saturated heterocycles. The highest BCUT2D eigenvalue weighted by atomic mass is 79.9. The lowest BCUT2D eigenvalue weighted by molar-refractivity contribution is 0.206. The molecule has 3 aliphatic rings. The number of thiocarbonyl (C=S) groups is 1. The van der Waals surface area contributed by atoms with Crippen LogP contribution in [-0.4, -0.2) is 42.2 Å². The van der Waals surface area contributed by atoms with E-state index in [1.54, 1.807) is 0 Å². The van der Waals surface area contributed by atoms with Gasteiger partial charge in [-0.1, -0.05) is 73.9 Å². The van der Waals surface area contributed by atoms with Gasteiger partial charge in [0.05, 0.1) is 18.8 Å². The van der Waals surface area contributed by atoms with Gasteiger partial charge in [-0.05, 0) is 60.2 Å². The van der Waals surface area contributed by atoms with Gasteiger partial charge in [0.1, 0.15) is 28.3 Å². The molecule has 3 aromatic carbocycles. The monoisotopic (exact) mass is 678 g/mol. The Kier molecular flexibility index (Phi) is 6.68. The van der Waals surface area contributed by atoms with Crippen LogP contribution in [0, 0.1) is 33.5 Å². The lowest BCUT2D eigenvalue weighted by Gasteiger charge is -2.61. The van der Waals surface area contributed by atoms with E-state index in [0.29, 0.717) is 42.3 Å². The topological polar surface area (TPSA) is 69.7 Å². The summed E-state index contributed by atoms with van der Waals surface area (Å²) in [7, 11) is 0. The Morgan fingerprint density at radius 1 is 0.846 bits per heavy atom. The highest BCUT2D eigenvalue weighted by Crippen LogP contribution is 2.59. The second-order valence-corrected chi connectivity index (χ2v) is 12.6. The Hall–Kier alpha value is -2.95. The molecule has 39 heavy (non-hydrogen) atoms. The zero-order valence-electron chi connectivity index (χ0n) is 20.6. The van der Waals surface area contributed by atoms with E-state index in [1.165, 1.54) is 0 Å². The van der Waals surface area contributed by atoms with Gasteiger partial charge in [-0.25, -0.2) is 4.99 Å². The van der Waals surface area contributed by atoms with E-state index in [9.17, 15) is 10.5 Å². The molecule has 0 saturated carbocycles. The van der Waals surface area contributed by atoms with Crippen LogP contribution in [0.15, 0.2) is 86.7 Å². The van der Waals surface area contributed by atoms with Crippen LogP contribution in [0.4, 0.5) is 11.4 Å². The first-order valence-corrected chi connectivity index (χ1v) is 14.6. The summed E-state index contributed by atoms with van der Waals surface area (Å²) in [6, 6.07) is 28.6. The first kappa shape index (κ1) is 26.3. The fraction of sp³-hybridized carbons (Fsp3) is 0.241. The van der Waals surface area contributed by atoms with Crippen molar-refractivity contribution >= 4 is 77.9 Å². The van der Waals surface area contributed by atoms with Crippen molar-refractivity contribution in [2.45, 2.75) is 5.92 Å². The van der Waals surface area contributed by atoms with Crippen molar-refractivity contribution in [3.8, 4) is 12.1 Å². The molecule has 0 radical (unpaired) electrons. The van der Waals surface area contributed by atoms with Gasteiger partial charge < -0.3 is 14.7 Å². The van der Waals surface area contributed by atoms with Crippen molar-refractivity contribution in [3.05, 3.63) is 92.3 Å². The minimum atomic E-state index is -1.21. The number of benzene rings is 3. The van der Waals surface area contributed by atoms with Gasteiger partial charge in [0.25, 0.3) is 0 Å². The third-order valence-electron chi connectivity index (χ3n) is 7.85. The Labute approximate surface area is 254 Å². The Morgan fingerprint density at radius 3 is 2.00 bits per heavy atom. The number of halogens is 3. The number of hydrogen-bond acceptors (Lipinski definition) is 6. The summed E-state index contributed by atoms with van der Waals surface area (Å²) in [4.78, 5) is 11.6. The summed E-state index contributed by atoms with van der Waals surface area (Å²) in [6.45, 7) is 1.44. The highest BCUT2D eigenvalue weighted by molar-refractivity contribution is 9.10. The Bertz CT molecular complexity index is 1580. The minimum Gasteiger partial charge on any atom is -0.367 e. The zero-order valence-corrected chi connectivity index (χ0v) is 25.3. The number of piperidine rings is 2. The van der Waals surface area contributed by atoms with E-state index in [4.69, 9.17) is 28.8 Å². The third-order valence-corrected chi connectivity index (χ3v) is 9.84. The van der Waals surface area contributed by atoms with Crippen LogP contribution >= 0.6 is 55.7 Å². The lowest BCUT2D eigenvalue weighted by atomic mass is 9.53. The second-order valence-electron chi connectivity index (χ2n) is 9.97. The Balaban J connectivity index is 1.55. The van der Waals surface area contributed by atoms with Crippen molar-refractivity contribution in [2.75, 3.05) is 36.2 Å². The summed E-state index contributed by atoms with van der Waals surface area (Å²) in [5.74, 6) is 0.0168. The maximum atomic E-state index is 11.1. The van der Waals surface area contributed by atoms with Crippen LogP contribution in [0.2, 0.25) is 5.02 Å². The van der Waals surface area contributed by atoms with E-state index < -0.39 is 16.7 Å². The maximum absolute atomic E-state index is 11.1. The molecule has 0 amide bonds. The predicted octanol–water partition coefficient (Wildman–Crippen LogP) is 6.97. The number of hydrogen-bond donors (Lipinski definition) is 0. The molecule has 0 aromatic heterocycles. The number of nitrogens with zero attached hydrogens (tertiary/aromatic N) is 6. The standard InChI is InChI=1S/C29H21Br2ClN6S/c30-19-5-9-21(10-6-19)36-15-28(13-33)25(23-3-1-2-4-24(23)32)29(14-34,16-36)27(39)38-18-37(17-35-26(28)38)22-11-7-20(31)8-12-22/h1-12,25H,15-18H2. The van der Waals surface area contributed by atoms with E-state index in [1.807, 2.05) is 77.7 Å². The fourth-order valence-electron chi connectivity index (χ4n) is 6.14. The molecule has 3 heterocycles. The third kappa shape index (κ3) is 4.06. The SMILES string of the molecule is N#CC12CN(c3ccc(Br)cc3)CC(C#N)(C3=NCN(c4ccc(Br)cc4)CN3C1=S)C2c1ccccc1Cl. The number of fused-ring (bicyclic) bond motifs is 4. The van der Waals surface area contributed by atoms with E-state index >= 15 is 0 Å². The maximum Gasteiger partial charge on any atom is 0.141 e. The van der Waals surface area contributed by atoms with Gasteiger partial charge in [0.2, 0.25) is 0 Å². The summed E-state index contributed by atoms with van der Waals surface area (Å²) >= 11 is 20.0. The first-order chi connectivity index (χ1) is 18.8. The molecule has 6 rings (SSSR count).